The maximum Gasteiger partial charge on any atom is 0.335 e. The Labute approximate surface area is 152 Å². The summed E-state index contributed by atoms with van der Waals surface area (Å²) in [5, 5.41) is 11.9. The summed E-state index contributed by atoms with van der Waals surface area (Å²) in [6.07, 6.45) is 0.0217. The van der Waals surface area contributed by atoms with E-state index in [0.29, 0.717) is 17.1 Å². The molecule has 6 heteroatoms. The molecule has 2 rings (SSSR count). The smallest absolute Gasteiger partial charge is 0.335 e. The van der Waals surface area contributed by atoms with Gasteiger partial charge < -0.3 is 19.9 Å². The maximum atomic E-state index is 12.4. The molecule has 0 aromatic heterocycles. The lowest BCUT2D eigenvalue weighted by atomic mass is 10.1. The van der Waals surface area contributed by atoms with Crippen LogP contribution < -0.4 is 14.8 Å². The molecule has 6 nitrogen and oxygen atoms in total. The molecule has 1 amide bonds. The van der Waals surface area contributed by atoms with Crippen LogP contribution in [0, 0.1) is 0 Å². The van der Waals surface area contributed by atoms with Gasteiger partial charge in [0.15, 0.2) is 11.5 Å². The van der Waals surface area contributed by atoms with Crippen LogP contribution in [-0.2, 0) is 0 Å². The molecular formula is C20H23NO5. The number of carboxylic acids is 1. The summed E-state index contributed by atoms with van der Waals surface area (Å²) in [6, 6.07) is 11.1. The van der Waals surface area contributed by atoms with Crippen molar-refractivity contribution in [3.05, 3.63) is 59.2 Å². The second kappa shape index (κ2) is 8.38. The zero-order chi connectivity index (χ0) is 19.3. The number of ether oxygens (including phenoxy) is 2. The maximum absolute atomic E-state index is 12.4. The summed E-state index contributed by atoms with van der Waals surface area (Å²) in [5.41, 5.74) is 1.21. The molecule has 0 aliphatic rings. The molecule has 1 atom stereocenters. The third-order valence-corrected chi connectivity index (χ3v) is 3.77. The van der Waals surface area contributed by atoms with E-state index in [9.17, 15) is 9.59 Å². The molecule has 0 heterocycles. The van der Waals surface area contributed by atoms with E-state index in [4.69, 9.17) is 14.6 Å². The number of aromatic carboxylic acids is 1. The third-order valence-electron chi connectivity index (χ3n) is 3.77. The first-order chi connectivity index (χ1) is 12.3. The minimum atomic E-state index is -1.07. The van der Waals surface area contributed by atoms with Gasteiger partial charge in [-0.25, -0.2) is 4.79 Å². The van der Waals surface area contributed by atoms with Gasteiger partial charge >= 0.3 is 5.97 Å². The Morgan fingerprint density at radius 1 is 1.00 bits per heavy atom. The normalized spacial score (nSPS) is 11.7. The predicted octanol–water partition coefficient (Wildman–Crippen LogP) is 3.67. The molecule has 2 aromatic rings. The summed E-state index contributed by atoms with van der Waals surface area (Å²) >= 11 is 0. The number of carboxylic acid groups (broad SMARTS) is 1. The van der Waals surface area contributed by atoms with Gasteiger partial charge in [-0.05, 0) is 56.7 Å². The van der Waals surface area contributed by atoms with Gasteiger partial charge in [-0.1, -0.05) is 12.1 Å². The number of carbonyl (C=O) groups is 2. The molecule has 2 N–H and O–H groups in total. The highest BCUT2D eigenvalue weighted by atomic mass is 16.5. The monoisotopic (exact) mass is 357 g/mol. The van der Waals surface area contributed by atoms with Crippen molar-refractivity contribution in [2.75, 3.05) is 7.11 Å². The molecule has 2 aromatic carbocycles. The van der Waals surface area contributed by atoms with E-state index in [1.54, 1.807) is 19.2 Å². The number of rotatable bonds is 7. The highest BCUT2D eigenvalue weighted by Crippen LogP contribution is 2.31. The molecule has 0 saturated carbocycles. The molecule has 0 bridgehead atoms. The third kappa shape index (κ3) is 4.75. The Morgan fingerprint density at radius 2 is 1.69 bits per heavy atom. The fourth-order valence-corrected chi connectivity index (χ4v) is 2.46. The minimum Gasteiger partial charge on any atom is -0.493 e. The number of amides is 1. The second-order valence-corrected chi connectivity index (χ2v) is 6.16. The standard InChI is InChI=1S/C20H23NO5/c1-12(2)26-17-9-8-14(11-18(17)25-4)13(3)21-19(22)15-6-5-7-16(10-15)20(23)24/h5-13H,1-4H3,(H,21,22)(H,23,24). The Kier molecular flexibility index (Phi) is 6.22. The first-order valence-corrected chi connectivity index (χ1v) is 8.30. The molecule has 0 saturated heterocycles. The average molecular weight is 357 g/mol. The molecule has 0 radical (unpaired) electrons. The van der Waals surface area contributed by atoms with Crippen LogP contribution >= 0.6 is 0 Å². The van der Waals surface area contributed by atoms with E-state index in [-0.39, 0.29) is 23.6 Å². The summed E-state index contributed by atoms with van der Waals surface area (Å²) in [6.45, 7) is 5.71. The van der Waals surface area contributed by atoms with Crippen molar-refractivity contribution in [1.29, 1.82) is 0 Å². The van der Waals surface area contributed by atoms with Crippen LogP contribution in [0.1, 0.15) is 53.1 Å². The number of hydrogen-bond donors (Lipinski definition) is 2. The van der Waals surface area contributed by atoms with Gasteiger partial charge in [0, 0.05) is 5.56 Å². The van der Waals surface area contributed by atoms with Crippen molar-refractivity contribution < 1.29 is 24.2 Å². The Morgan fingerprint density at radius 3 is 2.31 bits per heavy atom. The average Bonchev–Trinajstić information content (AvgIpc) is 2.61. The fourth-order valence-electron chi connectivity index (χ4n) is 2.46. The van der Waals surface area contributed by atoms with Crippen LogP contribution in [0.25, 0.3) is 0 Å². The molecule has 0 aliphatic carbocycles. The number of hydrogen-bond acceptors (Lipinski definition) is 4. The quantitative estimate of drug-likeness (QED) is 0.790. The highest BCUT2D eigenvalue weighted by molar-refractivity contribution is 5.97. The van der Waals surface area contributed by atoms with E-state index < -0.39 is 5.97 Å². The fraction of sp³-hybridized carbons (Fsp3) is 0.300. The van der Waals surface area contributed by atoms with Gasteiger partial charge in [0.05, 0.1) is 24.8 Å². The van der Waals surface area contributed by atoms with Crippen molar-refractivity contribution in [3.8, 4) is 11.5 Å². The largest absolute Gasteiger partial charge is 0.493 e. The first kappa shape index (κ1) is 19.3. The van der Waals surface area contributed by atoms with Crippen LogP contribution in [0.2, 0.25) is 0 Å². The van der Waals surface area contributed by atoms with Gasteiger partial charge in [-0.15, -0.1) is 0 Å². The van der Waals surface area contributed by atoms with Crippen LogP contribution in [0.4, 0.5) is 0 Å². The number of benzene rings is 2. The van der Waals surface area contributed by atoms with Crippen molar-refractivity contribution >= 4 is 11.9 Å². The van der Waals surface area contributed by atoms with E-state index in [0.717, 1.165) is 5.56 Å². The van der Waals surface area contributed by atoms with Gasteiger partial charge in [-0.2, -0.15) is 0 Å². The first-order valence-electron chi connectivity index (χ1n) is 8.30. The van der Waals surface area contributed by atoms with Crippen LogP contribution in [0.5, 0.6) is 11.5 Å². The second-order valence-electron chi connectivity index (χ2n) is 6.16. The zero-order valence-corrected chi connectivity index (χ0v) is 15.3. The molecular weight excluding hydrogens is 334 g/mol. The molecule has 26 heavy (non-hydrogen) atoms. The SMILES string of the molecule is COc1cc(C(C)NC(=O)c2cccc(C(=O)O)c2)ccc1OC(C)C. The van der Waals surface area contributed by atoms with E-state index in [1.807, 2.05) is 39.0 Å². The molecule has 1 unspecified atom stereocenters. The number of nitrogens with one attached hydrogen (secondary N) is 1. The molecule has 138 valence electrons. The van der Waals surface area contributed by atoms with E-state index >= 15 is 0 Å². The predicted molar refractivity (Wildman–Crippen MR) is 98.0 cm³/mol. The Bertz CT molecular complexity index is 801. The lowest BCUT2D eigenvalue weighted by Crippen LogP contribution is -2.26. The van der Waals surface area contributed by atoms with Crippen molar-refractivity contribution in [3.63, 3.8) is 0 Å². The van der Waals surface area contributed by atoms with Crippen molar-refractivity contribution in [1.82, 2.24) is 5.32 Å². The van der Waals surface area contributed by atoms with Crippen LogP contribution in [-0.4, -0.2) is 30.2 Å². The minimum absolute atomic E-state index is 0.0217. The van der Waals surface area contributed by atoms with Gasteiger partial charge in [-0.3, -0.25) is 4.79 Å². The molecule has 0 aliphatic heterocycles. The van der Waals surface area contributed by atoms with Crippen LogP contribution in [0.3, 0.4) is 0 Å². The Balaban J connectivity index is 2.16. The summed E-state index contributed by atoms with van der Waals surface area (Å²) in [7, 11) is 1.56. The lowest BCUT2D eigenvalue weighted by molar-refractivity contribution is 0.0697. The summed E-state index contributed by atoms with van der Waals surface area (Å²) in [4.78, 5) is 23.5. The van der Waals surface area contributed by atoms with Gasteiger partial charge in [0.1, 0.15) is 0 Å². The van der Waals surface area contributed by atoms with Crippen molar-refractivity contribution in [2.45, 2.75) is 32.9 Å². The molecule has 0 spiro atoms. The molecule has 0 fully saturated rings. The lowest BCUT2D eigenvalue weighted by Gasteiger charge is -2.18. The number of carbonyl (C=O) groups excluding carboxylic acids is 1. The highest BCUT2D eigenvalue weighted by Gasteiger charge is 2.15. The summed E-state index contributed by atoms with van der Waals surface area (Å²) < 4.78 is 11.1. The van der Waals surface area contributed by atoms with Gasteiger partial charge in [0.25, 0.3) is 5.91 Å². The van der Waals surface area contributed by atoms with E-state index in [1.165, 1.54) is 12.1 Å². The summed E-state index contributed by atoms with van der Waals surface area (Å²) in [5.74, 6) is -0.190. The van der Waals surface area contributed by atoms with E-state index in [2.05, 4.69) is 5.32 Å². The zero-order valence-electron chi connectivity index (χ0n) is 15.3. The Hall–Kier alpha value is -3.02. The topological polar surface area (TPSA) is 84.9 Å². The van der Waals surface area contributed by atoms with Gasteiger partial charge in [0.2, 0.25) is 0 Å². The van der Waals surface area contributed by atoms with Crippen LogP contribution in [0.15, 0.2) is 42.5 Å². The number of methoxy groups -OCH3 is 1. The van der Waals surface area contributed by atoms with Crippen molar-refractivity contribution in [2.24, 2.45) is 0 Å².